The third-order valence-electron chi connectivity index (χ3n) is 10.7. The van der Waals surface area contributed by atoms with Crippen LogP contribution in [0.1, 0.15) is 57.4 Å². The molecule has 3 atom stereocenters. The highest BCUT2D eigenvalue weighted by atomic mass is 35.5. The predicted octanol–water partition coefficient (Wildman–Crippen LogP) is 14.6. The van der Waals surface area contributed by atoms with Crippen molar-refractivity contribution in [2.75, 3.05) is 18.4 Å². The van der Waals surface area contributed by atoms with Crippen LogP contribution in [-0.4, -0.2) is 94.1 Å². The standard InChI is InChI=1S/C37H31Cl3F23NO6S/c1-4-27(15-23(29(43,44)45)30(46,47)48,14-18(25(65)69-3)11-16(2)17-5-7-20(8-6-17)71(67,68)64-24-21(39)12-19(38)13-22(24)40)26(66)70-10-9-28(41,42)31(49,50)32(51,52)33(53,54)34(55,56)35(57,58)36(59,60)37(61,62)63/h5-8,12-13,16,18,23,64H,4,9-11,14-15H2,1-3H3. The van der Waals surface area contributed by atoms with Crippen molar-refractivity contribution in [1.29, 1.82) is 0 Å². The van der Waals surface area contributed by atoms with Gasteiger partial charge in [0.15, 0.2) is 5.92 Å². The van der Waals surface area contributed by atoms with Gasteiger partial charge in [-0.25, -0.2) is 8.42 Å². The van der Waals surface area contributed by atoms with E-state index in [1.165, 1.54) is 6.92 Å². The highest BCUT2D eigenvalue weighted by Gasteiger charge is 2.95. The molecule has 2 aromatic carbocycles. The van der Waals surface area contributed by atoms with Crippen molar-refractivity contribution in [3.63, 3.8) is 0 Å². The van der Waals surface area contributed by atoms with Crippen LogP contribution in [0, 0.1) is 17.3 Å². The van der Waals surface area contributed by atoms with Crippen LogP contribution in [-0.2, 0) is 29.1 Å². The maximum atomic E-state index is 14.7. The maximum Gasteiger partial charge on any atom is 0.460 e. The molecule has 0 heterocycles. The number of halogens is 26. The molecule has 0 aliphatic carbocycles. The molecule has 0 amide bonds. The molecular formula is C37H31Cl3F23NO6S. The number of sulfonamides is 1. The summed E-state index contributed by atoms with van der Waals surface area (Å²) in [7, 11) is -3.94. The number of nitrogens with one attached hydrogen (secondary N) is 1. The van der Waals surface area contributed by atoms with Crippen molar-refractivity contribution < 1.29 is 128 Å². The first kappa shape index (κ1) is 63.5. The van der Waals surface area contributed by atoms with Crippen LogP contribution >= 0.6 is 34.8 Å². The van der Waals surface area contributed by atoms with Gasteiger partial charge in [0, 0.05) is 5.02 Å². The average molecular weight is 1160 g/mol. The second kappa shape index (κ2) is 21.0. The molecule has 7 nitrogen and oxygen atoms in total. The Bertz CT molecular complexity index is 2290. The van der Waals surface area contributed by atoms with Crippen LogP contribution < -0.4 is 4.72 Å². The van der Waals surface area contributed by atoms with Gasteiger partial charge in [-0.05, 0) is 61.4 Å². The third kappa shape index (κ3) is 12.5. The fraction of sp³-hybridized carbons (Fsp3) is 0.622. The molecule has 0 aliphatic rings. The van der Waals surface area contributed by atoms with E-state index >= 15 is 0 Å². The minimum atomic E-state index is -8.99. The lowest BCUT2D eigenvalue weighted by Gasteiger charge is -2.42. The molecular weight excluding hydrogens is 1130 g/mol. The van der Waals surface area contributed by atoms with Gasteiger partial charge in [-0.3, -0.25) is 14.3 Å². The molecule has 408 valence electrons. The van der Waals surface area contributed by atoms with Crippen LogP contribution in [0.4, 0.5) is 107 Å². The van der Waals surface area contributed by atoms with Gasteiger partial charge in [0.2, 0.25) is 0 Å². The molecule has 2 aromatic rings. The van der Waals surface area contributed by atoms with Crippen molar-refractivity contribution in [1.82, 2.24) is 0 Å². The first-order valence-corrected chi connectivity index (χ1v) is 21.5. The SMILES string of the molecule is CCC(CC(CC(C)c1ccc(S(=O)(=O)Nc2c(Cl)cc(Cl)cc2Cl)cc1)C(=O)OC)(CC(C(F)(F)F)C(F)(F)F)C(=O)OCCC(F)(F)C(F)(F)C(F)(F)C(F)(F)C(F)(F)C(F)(F)C(F)(F)C(F)(F)F. The zero-order chi connectivity index (χ0) is 56.0. The Morgan fingerprint density at radius 2 is 1.07 bits per heavy atom. The van der Waals surface area contributed by atoms with Crippen LogP contribution in [0.5, 0.6) is 0 Å². The Kier molecular flexibility index (Phi) is 18.7. The normalized spacial score (nSPS) is 16.1. The molecule has 34 heteroatoms. The lowest BCUT2D eigenvalue weighted by atomic mass is 9.69. The number of methoxy groups -OCH3 is 1. The van der Waals surface area contributed by atoms with E-state index in [9.17, 15) is 119 Å². The molecule has 71 heavy (non-hydrogen) atoms. The number of carbonyl (C=O) groups is 2. The Morgan fingerprint density at radius 3 is 1.46 bits per heavy atom. The monoisotopic (exact) mass is 1160 g/mol. The molecule has 0 spiro atoms. The van der Waals surface area contributed by atoms with Crippen molar-refractivity contribution in [2.45, 2.75) is 117 Å². The molecule has 1 N–H and O–H groups in total. The molecule has 0 saturated carbocycles. The van der Waals surface area contributed by atoms with E-state index in [0.717, 1.165) is 36.4 Å². The van der Waals surface area contributed by atoms with E-state index in [1.54, 1.807) is 0 Å². The molecule has 0 radical (unpaired) electrons. The largest absolute Gasteiger partial charge is 0.469 e. The number of hydrogen-bond donors (Lipinski definition) is 1. The summed E-state index contributed by atoms with van der Waals surface area (Å²) in [6.45, 7) is -0.929. The molecule has 0 aliphatic heterocycles. The summed E-state index contributed by atoms with van der Waals surface area (Å²) in [5, 5.41) is -0.512. The highest BCUT2D eigenvalue weighted by Crippen LogP contribution is 2.64. The van der Waals surface area contributed by atoms with Crippen LogP contribution in [0.25, 0.3) is 0 Å². The average Bonchev–Trinajstić information content (AvgIpc) is 3.21. The van der Waals surface area contributed by atoms with Gasteiger partial charge in [0.1, 0.15) is 0 Å². The Labute approximate surface area is 399 Å². The summed E-state index contributed by atoms with van der Waals surface area (Å²) >= 11 is 17.8. The number of benzene rings is 2. The summed E-state index contributed by atoms with van der Waals surface area (Å²) in [5.74, 6) is -71.5. The maximum absolute atomic E-state index is 14.7. The highest BCUT2D eigenvalue weighted by molar-refractivity contribution is 7.92. The van der Waals surface area contributed by atoms with E-state index in [0.29, 0.717) is 14.0 Å². The lowest BCUT2D eigenvalue weighted by Crippen LogP contribution is -2.74. The van der Waals surface area contributed by atoms with Gasteiger partial charge in [-0.2, -0.15) is 101 Å². The second-order valence-electron chi connectivity index (χ2n) is 15.5. The molecule has 0 aromatic heterocycles. The molecule has 2 rings (SSSR count). The van der Waals surface area contributed by atoms with Crippen molar-refractivity contribution in [3.05, 3.63) is 57.0 Å². The molecule has 0 saturated heterocycles. The number of esters is 2. The zero-order valence-corrected chi connectivity index (χ0v) is 38.2. The number of carbonyl (C=O) groups excluding carboxylic acids is 2. The molecule has 0 bridgehead atoms. The first-order chi connectivity index (χ1) is 31.5. The predicted molar refractivity (Wildman–Crippen MR) is 201 cm³/mol. The smallest absolute Gasteiger partial charge is 0.460 e. The second-order valence-corrected chi connectivity index (χ2v) is 18.4. The number of hydrogen-bond acceptors (Lipinski definition) is 6. The minimum Gasteiger partial charge on any atom is -0.469 e. The van der Waals surface area contributed by atoms with Crippen molar-refractivity contribution in [3.8, 4) is 0 Å². The lowest BCUT2D eigenvalue weighted by molar-refractivity contribution is -0.461. The van der Waals surface area contributed by atoms with E-state index in [4.69, 9.17) is 34.8 Å². The van der Waals surface area contributed by atoms with E-state index in [1.807, 2.05) is 0 Å². The Morgan fingerprint density at radius 1 is 0.648 bits per heavy atom. The zero-order valence-electron chi connectivity index (χ0n) is 35.1. The fourth-order valence-corrected chi connectivity index (χ4v) is 8.67. The Balaban J connectivity index is 2.59. The van der Waals surface area contributed by atoms with Gasteiger partial charge in [0.05, 0.1) is 52.1 Å². The van der Waals surface area contributed by atoms with Crippen LogP contribution in [0.2, 0.25) is 15.1 Å². The summed E-state index contributed by atoms with van der Waals surface area (Å²) in [6, 6.07) is 6.20. The topological polar surface area (TPSA) is 98.8 Å². The molecule has 0 fully saturated rings. The molecule has 3 unspecified atom stereocenters. The van der Waals surface area contributed by atoms with E-state index in [2.05, 4.69) is 14.2 Å². The van der Waals surface area contributed by atoms with E-state index in [-0.39, 0.29) is 26.3 Å². The van der Waals surface area contributed by atoms with E-state index < -0.39 is 149 Å². The summed E-state index contributed by atoms with van der Waals surface area (Å²) < 4.78 is 354. The fourth-order valence-electron chi connectivity index (χ4n) is 6.54. The quantitative estimate of drug-likeness (QED) is 0.0932. The Hall–Kier alpha value is -3.61. The number of ether oxygens (including phenoxy) is 2. The minimum absolute atomic E-state index is 0.00718. The van der Waals surface area contributed by atoms with Gasteiger partial charge in [-0.15, -0.1) is 0 Å². The van der Waals surface area contributed by atoms with Gasteiger partial charge in [-0.1, -0.05) is 60.8 Å². The van der Waals surface area contributed by atoms with Gasteiger partial charge < -0.3 is 9.47 Å². The number of alkyl halides is 23. The number of rotatable bonds is 22. The number of anilines is 1. The summed E-state index contributed by atoms with van der Waals surface area (Å²) in [5.41, 5.74) is -3.80. The van der Waals surface area contributed by atoms with Crippen molar-refractivity contribution in [2.24, 2.45) is 17.3 Å². The summed E-state index contributed by atoms with van der Waals surface area (Å²) in [4.78, 5) is 26.0. The first-order valence-electron chi connectivity index (χ1n) is 18.9. The summed E-state index contributed by atoms with van der Waals surface area (Å²) in [6.07, 6.45) is -30.6. The van der Waals surface area contributed by atoms with Crippen LogP contribution in [0.15, 0.2) is 41.3 Å². The van der Waals surface area contributed by atoms with Crippen LogP contribution in [0.3, 0.4) is 0 Å². The van der Waals surface area contributed by atoms with Gasteiger partial charge >= 0.3 is 71.9 Å². The van der Waals surface area contributed by atoms with Gasteiger partial charge in [0.25, 0.3) is 10.0 Å². The van der Waals surface area contributed by atoms with Crippen molar-refractivity contribution >= 4 is 62.5 Å². The third-order valence-corrected chi connectivity index (χ3v) is 12.9.